The summed E-state index contributed by atoms with van der Waals surface area (Å²) in [5, 5.41) is 6.04. The van der Waals surface area contributed by atoms with Crippen LogP contribution in [0.4, 0.5) is 26.3 Å². The molecule has 10 heteroatoms. The normalized spacial score (nSPS) is 24.1. The zero-order chi connectivity index (χ0) is 26.1. The van der Waals surface area contributed by atoms with E-state index in [9.17, 15) is 31.1 Å². The number of amides is 1. The molecule has 0 spiro atoms. The van der Waals surface area contributed by atoms with Crippen molar-refractivity contribution < 1.29 is 35.9 Å². The monoisotopic (exact) mass is 502 g/mol. The van der Waals surface area contributed by atoms with Crippen LogP contribution in [0.25, 0.3) is 0 Å². The topological polar surface area (TPSA) is 50.4 Å². The lowest BCUT2D eigenvalue weighted by molar-refractivity contribution is -0.143. The Bertz CT molecular complexity index is 996. The second-order valence-corrected chi connectivity index (χ2v) is 9.23. The molecule has 0 aromatic heterocycles. The molecule has 0 unspecified atom stereocenters. The van der Waals surface area contributed by atoms with Gasteiger partial charge in [0.25, 0.3) is 0 Å². The molecule has 2 aromatic carbocycles. The van der Waals surface area contributed by atoms with Crippen molar-refractivity contribution in [1.82, 2.24) is 10.6 Å². The van der Waals surface area contributed by atoms with Gasteiger partial charge in [-0.05, 0) is 56.0 Å². The van der Waals surface area contributed by atoms with E-state index >= 15 is 0 Å². The fourth-order valence-electron chi connectivity index (χ4n) is 4.31. The number of carbonyl (C=O) groups excluding carboxylic acids is 1. The van der Waals surface area contributed by atoms with E-state index in [1.165, 1.54) is 6.92 Å². The predicted molar refractivity (Wildman–Crippen MR) is 118 cm³/mol. The Morgan fingerprint density at radius 2 is 1.60 bits per heavy atom. The summed E-state index contributed by atoms with van der Waals surface area (Å²) in [6, 6.07) is 10.7. The minimum atomic E-state index is -4.93. The molecule has 0 bridgehead atoms. The molecule has 2 N–H and O–H groups in total. The molecule has 0 radical (unpaired) electrons. The van der Waals surface area contributed by atoms with Gasteiger partial charge in [-0.25, -0.2) is 0 Å². The molecule has 2 aromatic rings. The third-order valence-corrected chi connectivity index (χ3v) is 6.68. The quantitative estimate of drug-likeness (QED) is 0.489. The van der Waals surface area contributed by atoms with E-state index < -0.39 is 40.5 Å². The molecule has 3 atom stereocenters. The van der Waals surface area contributed by atoms with Crippen molar-refractivity contribution in [2.75, 3.05) is 20.2 Å². The lowest BCUT2D eigenvalue weighted by atomic mass is 9.72. The van der Waals surface area contributed by atoms with Crippen LogP contribution in [-0.4, -0.2) is 26.1 Å². The van der Waals surface area contributed by atoms with Gasteiger partial charge in [-0.2, -0.15) is 26.3 Å². The lowest BCUT2D eigenvalue weighted by Gasteiger charge is -2.45. The Hall–Kier alpha value is -2.59. The fourth-order valence-corrected chi connectivity index (χ4v) is 4.31. The van der Waals surface area contributed by atoms with Crippen LogP contribution in [-0.2, 0) is 27.4 Å². The molecule has 192 valence electrons. The number of halogens is 6. The van der Waals surface area contributed by atoms with Gasteiger partial charge in [0.05, 0.1) is 34.8 Å². The standard InChI is InChI=1S/C25H28F6N2O2/c1-16(17-11-19(24(26,27)28)13-20(12-17)25(29,30)31)35-15-23(18-7-5-4-6-8-18)10-9-22(2,14-33-23)21(34)32-3/h4-8,11-13,16,33H,9-10,14-15H2,1-3H3,(H,32,34)/t16-,22-,23-/m1/s1. The average Bonchev–Trinajstić information content (AvgIpc) is 2.82. The summed E-state index contributed by atoms with van der Waals surface area (Å²) in [5.41, 5.74) is -3.56. The van der Waals surface area contributed by atoms with Gasteiger partial charge in [-0.1, -0.05) is 30.3 Å². The van der Waals surface area contributed by atoms with Crippen LogP contribution in [0.15, 0.2) is 48.5 Å². The van der Waals surface area contributed by atoms with Crippen molar-refractivity contribution >= 4 is 5.91 Å². The number of nitrogens with one attached hydrogen (secondary N) is 2. The maximum absolute atomic E-state index is 13.3. The predicted octanol–water partition coefficient (Wildman–Crippen LogP) is 5.83. The molecule has 1 fully saturated rings. The van der Waals surface area contributed by atoms with Crippen molar-refractivity contribution in [3.8, 4) is 0 Å². The van der Waals surface area contributed by atoms with Crippen LogP contribution < -0.4 is 10.6 Å². The zero-order valence-corrected chi connectivity index (χ0v) is 19.6. The Balaban J connectivity index is 1.88. The first-order valence-electron chi connectivity index (χ1n) is 11.1. The Morgan fingerprint density at radius 3 is 2.06 bits per heavy atom. The van der Waals surface area contributed by atoms with Crippen molar-refractivity contribution in [1.29, 1.82) is 0 Å². The minimum Gasteiger partial charge on any atom is -0.372 e. The van der Waals surface area contributed by atoms with E-state index in [-0.39, 0.29) is 24.1 Å². The summed E-state index contributed by atoms with van der Waals surface area (Å²) in [7, 11) is 1.56. The van der Waals surface area contributed by atoms with Gasteiger partial charge >= 0.3 is 12.4 Å². The average molecular weight is 502 g/mol. The van der Waals surface area contributed by atoms with Crippen LogP contribution in [0.1, 0.15) is 55.0 Å². The molecule has 4 nitrogen and oxygen atoms in total. The van der Waals surface area contributed by atoms with Crippen LogP contribution in [0, 0.1) is 5.41 Å². The largest absolute Gasteiger partial charge is 0.416 e. The number of hydrogen-bond donors (Lipinski definition) is 2. The highest BCUT2D eigenvalue weighted by Crippen LogP contribution is 2.41. The summed E-state index contributed by atoms with van der Waals surface area (Å²) in [4.78, 5) is 12.3. The molecule has 0 aliphatic carbocycles. The first kappa shape index (κ1) is 27.0. The van der Waals surface area contributed by atoms with Gasteiger partial charge in [0.15, 0.2) is 0 Å². The molecule has 1 saturated heterocycles. The summed E-state index contributed by atoms with van der Waals surface area (Å²) in [6.45, 7) is 3.56. The maximum atomic E-state index is 13.3. The first-order chi connectivity index (χ1) is 16.2. The number of alkyl halides is 6. The second-order valence-electron chi connectivity index (χ2n) is 9.23. The highest BCUT2D eigenvalue weighted by molar-refractivity contribution is 5.82. The number of rotatable bonds is 6. The van der Waals surface area contributed by atoms with E-state index in [0.717, 1.165) is 5.56 Å². The first-order valence-corrected chi connectivity index (χ1v) is 11.1. The molecule has 35 heavy (non-hydrogen) atoms. The van der Waals surface area contributed by atoms with Crippen molar-refractivity contribution in [2.45, 2.75) is 50.7 Å². The van der Waals surface area contributed by atoms with Gasteiger partial charge in [0.1, 0.15) is 0 Å². The maximum Gasteiger partial charge on any atom is 0.416 e. The molecular weight excluding hydrogens is 474 g/mol. The van der Waals surface area contributed by atoms with E-state index in [1.807, 2.05) is 37.3 Å². The van der Waals surface area contributed by atoms with E-state index in [2.05, 4.69) is 10.6 Å². The molecule has 1 aliphatic heterocycles. The number of carbonyl (C=O) groups is 1. The van der Waals surface area contributed by atoms with E-state index in [1.54, 1.807) is 7.05 Å². The Kier molecular flexibility index (Phi) is 7.57. The van der Waals surface area contributed by atoms with Gasteiger partial charge < -0.3 is 15.4 Å². The molecule has 1 aliphatic rings. The molecule has 1 heterocycles. The van der Waals surface area contributed by atoms with Crippen molar-refractivity contribution in [3.05, 3.63) is 70.8 Å². The second kappa shape index (κ2) is 9.81. The Labute approximate surface area is 200 Å². The smallest absolute Gasteiger partial charge is 0.372 e. The van der Waals surface area contributed by atoms with Gasteiger partial charge in [0.2, 0.25) is 5.91 Å². The summed E-state index contributed by atoms with van der Waals surface area (Å²) in [5.74, 6) is -0.121. The number of ether oxygens (including phenoxy) is 1. The molecule has 0 saturated carbocycles. The summed E-state index contributed by atoms with van der Waals surface area (Å²) in [6.07, 6.45) is -9.93. The summed E-state index contributed by atoms with van der Waals surface area (Å²) >= 11 is 0. The molecule has 3 rings (SSSR count). The third kappa shape index (κ3) is 5.98. The number of piperidine rings is 1. The van der Waals surface area contributed by atoms with Crippen LogP contribution in [0.3, 0.4) is 0 Å². The van der Waals surface area contributed by atoms with Crippen LogP contribution in [0.5, 0.6) is 0 Å². The molecule has 1 amide bonds. The van der Waals surface area contributed by atoms with E-state index in [4.69, 9.17) is 4.74 Å². The fraction of sp³-hybridized carbons (Fsp3) is 0.480. The zero-order valence-electron chi connectivity index (χ0n) is 19.6. The summed E-state index contributed by atoms with van der Waals surface area (Å²) < 4.78 is 85.6. The van der Waals surface area contributed by atoms with Gasteiger partial charge in [0, 0.05) is 13.6 Å². The van der Waals surface area contributed by atoms with Gasteiger partial charge in [-0.15, -0.1) is 0 Å². The van der Waals surface area contributed by atoms with Crippen LogP contribution >= 0.6 is 0 Å². The number of benzene rings is 2. The van der Waals surface area contributed by atoms with Crippen LogP contribution in [0.2, 0.25) is 0 Å². The molecular formula is C25H28F6N2O2. The van der Waals surface area contributed by atoms with Gasteiger partial charge in [-0.3, -0.25) is 4.79 Å². The highest BCUT2D eigenvalue weighted by Gasteiger charge is 2.45. The highest BCUT2D eigenvalue weighted by atomic mass is 19.4. The van der Waals surface area contributed by atoms with Crippen molar-refractivity contribution in [2.24, 2.45) is 5.41 Å². The number of hydrogen-bond acceptors (Lipinski definition) is 3. The Morgan fingerprint density at radius 1 is 1.03 bits per heavy atom. The van der Waals surface area contributed by atoms with Crippen molar-refractivity contribution in [3.63, 3.8) is 0 Å². The van der Waals surface area contributed by atoms with E-state index in [0.29, 0.717) is 31.5 Å². The SMILES string of the molecule is CNC(=O)[C@]1(C)CC[C@@](CO[C@H](C)c2cc(C(F)(F)F)cc(C(F)(F)F)c2)(c2ccccc2)NC1. The minimum absolute atomic E-state index is 0.0143. The third-order valence-electron chi connectivity index (χ3n) is 6.68. The lowest BCUT2D eigenvalue weighted by Crippen LogP contribution is -2.58.